The van der Waals surface area contributed by atoms with Gasteiger partial charge in [0.1, 0.15) is 6.04 Å². The third-order valence-electron chi connectivity index (χ3n) is 3.61. The number of aliphatic carboxylic acids is 1. The Morgan fingerprint density at radius 3 is 2.74 bits per heavy atom. The first kappa shape index (κ1) is 14.7. The number of hydrogen-bond donors (Lipinski definition) is 1. The van der Waals surface area contributed by atoms with Crippen LogP contribution < -0.4 is 0 Å². The SMILES string of the molecule is CC1CCCN(S(=O)(=O)N2CCOCC2C(=O)O)C1. The molecule has 8 heteroatoms. The van der Waals surface area contributed by atoms with Crippen molar-refractivity contribution >= 4 is 16.2 Å². The molecular formula is C11H20N2O5S. The normalized spacial score (nSPS) is 31.2. The Labute approximate surface area is 113 Å². The van der Waals surface area contributed by atoms with Crippen LogP contribution in [0, 0.1) is 5.92 Å². The Balaban J connectivity index is 2.19. The molecule has 2 fully saturated rings. The van der Waals surface area contributed by atoms with Crippen LogP contribution >= 0.6 is 0 Å². The molecule has 7 nitrogen and oxygen atoms in total. The summed E-state index contributed by atoms with van der Waals surface area (Å²) >= 11 is 0. The van der Waals surface area contributed by atoms with Crippen LogP contribution in [-0.2, 0) is 19.7 Å². The number of ether oxygens (including phenoxy) is 1. The lowest BCUT2D eigenvalue weighted by Crippen LogP contribution is -2.57. The first-order chi connectivity index (χ1) is 8.93. The summed E-state index contributed by atoms with van der Waals surface area (Å²) in [4.78, 5) is 11.2. The van der Waals surface area contributed by atoms with E-state index in [4.69, 9.17) is 9.84 Å². The molecular weight excluding hydrogens is 272 g/mol. The van der Waals surface area contributed by atoms with Crippen LogP contribution in [0.2, 0.25) is 0 Å². The van der Waals surface area contributed by atoms with Crippen LogP contribution in [0.3, 0.4) is 0 Å². The van der Waals surface area contributed by atoms with Crippen LogP contribution in [0.25, 0.3) is 0 Å². The molecule has 0 aromatic heterocycles. The van der Waals surface area contributed by atoms with Gasteiger partial charge in [0, 0.05) is 19.6 Å². The van der Waals surface area contributed by atoms with Gasteiger partial charge in [0.05, 0.1) is 13.2 Å². The molecule has 0 radical (unpaired) electrons. The predicted octanol–water partition coefficient (Wildman–Crippen LogP) is -0.251. The molecule has 0 aliphatic carbocycles. The van der Waals surface area contributed by atoms with Gasteiger partial charge in [-0.15, -0.1) is 0 Å². The second kappa shape index (κ2) is 5.74. The van der Waals surface area contributed by atoms with E-state index in [0.29, 0.717) is 19.0 Å². The molecule has 2 atom stereocenters. The van der Waals surface area contributed by atoms with Gasteiger partial charge in [0.15, 0.2) is 0 Å². The molecule has 110 valence electrons. The number of morpholine rings is 1. The molecule has 0 aromatic rings. The van der Waals surface area contributed by atoms with E-state index in [1.165, 1.54) is 4.31 Å². The predicted molar refractivity (Wildman–Crippen MR) is 67.8 cm³/mol. The Morgan fingerprint density at radius 2 is 2.11 bits per heavy atom. The van der Waals surface area contributed by atoms with Gasteiger partial charge < -0.3 is 9.84 Å². The van der Waals surface area contributed by atoms with Gasteiger partial charge in [-0.2, -0.15) is 17.0 Å². The van der Waals surface area contributed by atoms with Crippen LogP contribution in [-0.4, -0.2) is 67.0 Å². The number of carboxylic acids is 1. The van der Waals surface area contributed by atoms with Gasteiger partial charge in [0.2, 0.25) is 0 Å². The van der Waals surface area contributed by atoms with E-state index < -0.39 is 22.2 Å². The van der Waals surface area contributed by atoms with Crippen LogP contribution in [0.1, 0.15) is 19.8 Å². The zero-order chi connectivity index (χ0) is 14.0. The number of carbonyl (C=O) groups is 1. The fraction of sp³-hybridized carbons (Fsp3) is 0.909. The topological polar surface area (TPSA) is 87.2 Å². The number of nitrogens with zero attached hydrogens (tertiary/aromatic N) is 2. The van der Waals surface area contributed by atoms with Gasteiger partial charge >= 0.3 is 5.97 Å². The number of rotatable bonds is 3. The highest BCUT2D eigenvalue weighted by Crippen LogP contribution is 2.23. The molecule has 19 heavy (non-hydrogen) atoms. The average Bonchev–Trinajstić information content (AvgIpc) is 2.38. The van der Waals surface area contributed by atoms with Crippen molar-refractivity contribution in [2.24, 2.45) is 5.92 Å². The third-order valence-corrected chi connectivity index (χ3v) is 5.62. The maximum absolute atomic E-state index is 12.5. The van der Waals surface area contributed by atoms with Crippen molar-refractivity contribution in [3.05, 3.63) is 0 Å². The second-order valence-electron chi connectivity index (χ2n) is 5.15. The molecule has 1 N–H and O–H groups in total. The van der Waals surface area contributed by atoms with Crippen molar-refractivity contribution in [1.82, 2.24) is 8.61 Å². The molecule has 2 aliphatic rings. The Hall–Kier alpha value is -0.700. The van der Waals surface area contributed by atoms with Gasteiger partial charge in [0.25, 0.3) is 10.2 Å². The van der Waals surface area contributed by atoms with E-state index in [-0.39, 0.29) is 19.8 Å². The molecule has 0 aromatic carbocycles. The van der Waals surface area contributed by atoms with Crippen LogP contribution in [0.15, 0.2) is 0 Å². The van der Waals surface area contributed by atoms with Crippen LogP contribution in [0.4, 0.5) is 0 Å². The average molecular weight is 292 g/mol. The minimum absolute atomic E-state index is 0.0854. The summed E-state index contributed by atoms with van der Waals surface area (Å²) < 4.78 is 32.6. The number of piperidine rings is 1. The standard InChI is InChI=1S/C11H20N2O5S/c1-9-3-2-4-12(7-9)19(16,17)13-5-6-18-8-10(13)11(14)15/h9-10H,2-8H2,1H3,(H,14,15). The van der Waals surface area contributed by atoms with E-state index >= 15 is 0 Å². The summed E-state index contributed by atoms with van der Waals surface area (Å²) in [6.07, 6.45) is 1.83. The Morgan fingerprint density at radius 1 is 1.37 bits per heavy atom. The molecule has 0 bridgehead atoms. The summed E-state index contributed by atoms with van der Waals surface area (Å²) in [5, 5.41) is 9.12. The van der Waals surface area contributed by atoms with Crippen LogP contribution in [0.5, 0.6) is 0 Å². The molecule has 2 rings (SSSR count). The van der Waals surface area contributed by atoms with E-state index in [1.54, 1.807) is 0 Å². The summed E-state index contributed by atoms with van der Waals surface area (Å²) in [5.74, 6) is -0.846. The van der Waals surface area contributed by atoms with Gasteiger partial charge in [-0.1, -0.05) is 6.92 Å². The summed E-state index contributed by atoms with van der Waals surface area (Å²) in [7, 11) is -3.71. The first-order valence-electron chi connectivity index (χ1n) is 6.50. The molecule has 0 spiro atoms. The largest absolute Gasteiger partial charge is 0.480 e. The quantitative estimate of drug-likeness (QED) is 0.775. The summed E-state index contributed by atoms with van der Waals surface area (Å²) in [5.41, 5.74) is 0. The highest BCUT2D eigenvalue weighted by Gasteiger charge is 2.41. The lowest BCUT2D eigenvalue weighted by Gasteiger charge is -2.38. The zero-order valence-electron chi connectivity index (χ0n) is 11.0. The van der Waals surface area contributed by atoms with Gasteiger partial charge in [-0.25, -0.2) is 0 Å². The molecule has 2 heterocycles. The molecule has 2 unspecified atom stereocenters. The first-order valence-corrected chi connectivity index (χ1v) is 7.90. The van der Waals surface area contributed by atoms with E-state index in [9.17, 15) is 13.2 Å². The summed E-state index contributed by atoms with van der Waals surface area (Å²) in [6, 6.07) is -1.11. The lowest BCUT2D eigenvalue weighted by atomic mass is 10.0. The molecule has 2 saturated heterocycles. The van der Waals surface area contributed by atoms with E-state index in [1.807, 2.05) is 6.92 Å². The fourth-order valence-corrected chi connectivity index (χ4v) is 4.44. The van der Waals surface area contributed by atoms with Crippen molar-refractivity contribution in [3.8, 4) is 0 Å². The van der Waals surface area contributed by atoms with Gasteiger partial charge in [-0.05, 0) is 18.8 Å². The second-order valence-corrected chi connectivity index (χ2v) is 7.03. The Kier molecular flexibility index (Phi) is 4.44. The summed E-state index contributed by atoms with van der Waals surface area (Å²) in [6.45, 7) is 3.20. The van der Waals surface area contributed by atoms with Crippen molar-refractivity contribution in [2.45, 2.75) is 25.8 Å². The van der Waals surface area contributed by atoms with E-state index in [0.717, 1.165) is 17.1 Å². The fourth-order valence-electron chi connectivity index (χ4n) is 2.56. The third kappa shape index (κ3) is 3.07. The monoisotopic (exact) mass is 292 g/mol. The smallest absolute Gasteiger partial charge is 0.324 e. The Bertz CT molecular complexity index is 438. The van der Waals surface area contributed by atoms with Crippen molar-refractivity contribution in [2.75, 3.05) is 32.8 Å². The minimum atomic E-state index is -3.71. The minimum Gasteiger partial charge on any atom is -0.480 e. The molecule has 0 saturated carbocycles. The number of hydrogen-bond acceptors (Lipinski definition) is 4. The highest BCUT2D eigenvalue weighted by molar-refractivity contribution is 7.86. The van der Waals surface area contributed by atoms with E-state index in [2.05, 4.69) is 0 Å². The number of carboxylic acid groups (broad SMARTS) is 1. The van der Waals surface area contributed by atoms with Crippen molar-refractivity contribution < 1.29 is 23.1 Å². The highest BCUT2D eigenvalue weighted by atomic mass is 32.2. The maximum Gasteiger partial charge on any atom is 0.324 e. The zero-order valence-corrected chi connectivity index (χ0v) is 11.8. The maximum atomic E-state index is 12.5. The van der Waals surface area contributed by atoms with Crippen molar-refractivity contribution in [3.63, 3.8) is 0 Å². The lowest BCUT2D eigenvalue weighted by molar-refractivity contribution is -0.146. The molecule has 2 aliphatic heterocycles. The van der Waals surface area contributed by atoms with Crippen molar-refractivity contribution in [1.29, 1.82) is 0 Å². The van der Waals surface area contributed by atoms with Gasteiger partial charge in [-0.3, -0.25) is 4.79 Å². The molecule has 0 amide bonds.